The smallest absolute Gasteiger partial charge is 0.151 e. The summed E-state index contributed by atoms with van der Waals surface area (Å²) < 4.78 is 5.33. The first-order chi connectivity index (χ1) is 8.28. The largest absolute Gasteiger partial charge is 0.360 e. The van der Waals surface area contributed by atoms with Crippen LogP contribution in [-0.2, 0) is 13.1 Å². The monoisotopic (exact) mass is 255 g/mol. The minimum atomic E-state index is 0.722. The second-order valence-corrected chi connectivity index (χ2v) is 5.66. The molecule has 17 heavy (non-hydrogen) atoms. The number of rotatable bonds is 8. The number of nitrogens with one attached hydrogen (secondary N) is 1. The van der Waals surface area contributed by atoms with E-state index in [1.54, 1.807) is 0 Å². The summed E-state index contributed by atoms with van der Waals surface area (Å²) in [7, 11) is 2.11. The summed E-state index contributed by atoms with van der Waals surface area (Å²) in [6.07, 6.45) is 4.74. The van der Waals surface area contributed by atoms with E-state index in [0.29, 0.717) is 0 Å². The molecular formula is C12H21N3OS. The summed E-state index contributed by atoms with van der Waals surface area (Å²) in [5, 5.41) is 7.51. The van der Waals surface area contributed by atoms with E-state index in [0.717, 1.165) is 42.9 Å². The molecule has 1 aliphatic rings. The lowest BCUT2D eigenvalue weighted by atomic mass is 10.3. The van der Waals surface area contributed by atoms with Crippen molar-refractivity contribution in [1.29, 1.82) is 0 Å². The number of hydrogen-bond donors (Lipinski definition) is 1. The minimum Gasteiger partial charge on any atom is -0.360 e. The molecule has 1 aliphatic carbocycles. The van der Waals surface area contributed by atoms with Gasteiger partial charge in [-0.1, -0.05) is 5.16 Å². The Bertz CT molecular complexity index is 338. The van der Waals surface area contributed by atoms with Crippen LogP contribution in [0.15, 0.2) is 10.6 Å². The maximum absolute atomic E-state index is 5.33. The highest BCUT2D eigenvalue weighted by Gasteiger charge is 2.20. The molecule has 1 fully saturated rings. The van der Waals surface area contributed by atoms with E-state index in [2.05, 4.69) is 34.7 Å². The molecule has 0 atom stereocenters. The molecule has 5 heteroatoms. The van der Waals surface area contributed by atoms with Gasteiger partial charge < -0.3 is 9.84 Å². The van der Waals surface area contributed by atoms with Crippen molar-refractivity contribution in [3.05, 3.63) is 17.5 Å². The van der Waals surface area contributed by atoms with Gasteiger partial charge in [0.15, 0.2) is 5.76 Å². The third-order valence-electron chi connectivity index (χ3n) is 2.86. The predicted molar refractivity (Wildman–Crippen MR) is 71.1 cm³/mol. The zero-order valence-corrected chi connectivity index (χ0v) is 11.4. The molecule has 0 unspecified atom stereocenters. The van der Waals surface area contributed by atoms with Gasteiger partial charge in [-0.05, 0) is 26.1 Å². The molecule has 1 aromatic heterocycles. The lowest BCUT2D eigenvalue weighted by Gasteiger charge is -2.12. The summed E-state index contributed by atoms with van der Waals surface area (Å²) in [4.78, 5) is 2.26. The highest BCUT2D eigenvalue weighted by molar-refractivity contribution is 7.98. The summed E-state index contributed by atoms with van der Waals surface area (Å²) >= 11 is 1.87. The molecule has 1 N–H and O–H groups in total. The second-order valence-electron chi connectivity index (χ2n) is 4.67. The van der Waals surface area contributed by atoms with Gasteiger partial charge in [0.1, 0.15) is 0 Å². The van der Waals surface area contributed by atoms with E-state index in [9.17, 15) is 0 Å². The van der Waals surface area contributed by atoms with Crippen molar-refractivity contribution in [2.24, 2.45) is 0 Å². The average molecular weight is 255 g/mol. The molecule has 2 rings (SSSR count). The number of thioether (sulfide) groups is 1. The molecule has 96 valence electrons. The summed E-state index contributed by atoms with van der Waals surface area (Å²) in [5.74, 6) is 2.11. The van der Waals surface area contributed by atoms with Crippen molar-refractivity contribution < 1.29 is 4.52 Å². The van der Waals surface area contributed by atoms with Gasteiger partial charge in [0, 0.05) is 31.0 Å². The highest BCUT2D eigenvalue weighted by Crippen LogP contribution is 2.19. The fourth-order valence-electron chi connectivity index (χ4n) is 1.64. The maximum Gasteiger partial charge on any atom is 0.151 e. The van der Waals surface area contributed by atoms with E-state index in [-0.39, 0.29) is 0 Å². The molecular weight excluding hydrogens is 234 g/mol. The third kappa shape index (κ3) is 4.69. The normalized spacial score (nSPS) is 15.7. The van der Waals surface area contributed by atoms with Crippen LogP contribution < -0.4 is 5.32 Å². The zero-order valence-electron chi connectivity index (χ0n) is 10.6. The van der Waals surface area contributed by atoms with Crippen LogP contribution in [0.25, 0.3) is 0 Å². The fourth-order valence-corrected chi connectivity index (χ4v) is 2.14. The Hall–Kier alpha value is -0.520. The molecule has 0 saturated heterocycles. The standard InChI is InChI=1S/C12H21N3OS/c1-15(5-6-17-2)9-12-7-11(14-16-12)8-13-10-3-4-10/h7,10,13H,3-6,8-9H2,1-2H3. The van der Waals surface area contributed by atoms with Crippen molar-refractivity contribution in [1.82, 2.24) is 15.4 Å². The van der Waals surface area contributed by atoms with Crippen LogP contribution in [-0.4, -0.2) is 41.7 Å². The van der Waals surface area contributed by atoms with E-state index < -0.39 is 0 Å². The predicted octanol–water partition coefficient (Wildman–Crippen LogP) is 1.72. The van der Waals surface area contributed by atoms with Crippen molar-refractivity contribution in [2.75, 3.05) is 25.6 Å². The van der Waals surface area contributed by atoms with Crippen LogP contribution in [0.2, 0.25) is 0 Å². The van der Waals surface area contributed by atoms with Gasteiger partial charge in [-0.15, -0.1) is 0 Å². The Morgan fingerprint density at radius 3 is 3.12 bits per heavy atom. The van der Waals surface area contributed by atoms with Gasteiger partial charge in [-0.2, -0.15) is 11.8 Å². The Labute approximate surface area is 107 Å². The Kier molecular flexibility index (Phi) is 4.88. The molecule has 1 saturated carbocycles. The molecule has 0 spiro atoms. The third-order valence-corrected chi connectivity index (χ3v) is 3.45. The lowest BCUT2D eigenvalue weighted by Crippen LogP contribution is -2.20. The number of nitrogens with zero attached hydrogens (tertiary/aromatic N) is 2. The van der Waals surface area contributed by atoms with Crippen LogP contribution in [0.1, 0.15) is 24.3 Å². The van der Waals surface area contributed by atoms with Crippen LogP contribution in [0.5, 0.6) is 0 Å². The van der Waals surface area contributed by atoms with E-state index in [1.807, 2.05) is 11.8 Å². The van der Waals surface area contributed by atoms with Crippen LogP contribution >= 0.6 is 11.8 Å². The number of aromatic nitrogens is 1. The molecule has 4 nitrogen and oxygen atoms in total. The average Bonchev–Trinajstić information content (AvgIpc) is 3.05. The highest BCUT2D eigenvalue weighted by atomic mass is 32.2. The molecule has 0 amide bonds. The maximum atomic E-state index is 5.33. The van der Waals surface area contributed by atoms with Crippen LogP contribution in [0.4, 0.5) is 0 Å². The van der Waals surface area contributed by atoms with Gasteiger partial charge in [0.25, 0.3) is 0 Å². The minimum absolute atomic E-state index is 0.722. The molecule has 0 bridgehead atoms. The molecule has 0 aliphatic heterocycles. The first-order valence-corrected chi connectivity index (χ1v) is 7.52. The van der Waals surface area contributed by atoms with Gasteiger partial charge in [-0.3, -0.25) is 4.90 Å². The van der Waals surface area contributed by atoms with Crippen molar-refractivity contribution >= 4 is 11.8 Å². The Morgan fingerprint density at radius 1 is 1.59 bits per heavy atom. The molecule has 1 heterocycles. The zero-order chi connectivity index (χ0) is 12.1. The van der Waals surface area contributed by atoms with Gasteiger partial charge >= 0.3 is 0 Å². The van der Waals surface area contributed by atoms with E-state index in [4.69, 9.17) is 4.52 Å². The quantitative estimate of drug-likeness (QED) is 0.766. The molecule has 0 radical (unpaired) electrons. The van der Waals surface area contributed by atoms with Gasteiger partial charge in [-0.25, -0.2) is 0 Å². The Balaban J connectivity index is 1.72. The van der Waals surface area contributed by atoms with E-state index >= 15 is 0 Å². The lowest BCUT2D eigenvalue weighted by molar-refractivity contribution is 0.283. The summed E-state index contributed by atoms with van der Waals surface area (Å²) in [6.45, 7) is 2.76. The Morgan fingerprint density at radius 2 is 2.41 bits per heavy atom. The SMILES string of the molecule is CSCCN(C)Cc1cc(CNC2CC2)no1. The van der Waals surface area contributed by atoms with Crippen molar-refractivity contribution in [3.63, 3.8) is 0 Å². The van der Waals surface area contributed by atoms with Crippen molar-refractivity contribution in [3.8, 4) is 0 Å². The topological polar surface area (TPSA) is 41.3 Å². The van der Waals surface area contributed by atoms with Crippen LogP contribution in [0.3, 0.4) is 0 Å². The first-order valence-electron chi connectivity index (χ1n) is 6.13. The summed E-state index contributed by atoms with van der Waals surface area (Å²) in [6, 6.07) is 2.78. The van der Waals surface area contributed by atoms with Gasteiger partial charge in [0.05, 0.1) is 12.2 Å². The second kappa shape index (κ2) is 6.42. The number of hydrogen-bond acceptors (Lipinski definition) is 5. The molecule has 0 aromatic carbocycles. The fraction of sp³-hybridized carbons (Fsp3) is 0.750. The van der Waals surface area contributed by atoms with Crippen molar-refractivity contribution in [2.45, 2.75) is 32.0 Å². The molecule has 1 aromatic rings. The first kappa shape index (κ1) is 12.9. The van der Waals surface area contributed by atoms with E-state index in [1.165, 1.54) is 12.8 Å². The summed E-state index contributed by atoms with van der Waals surface area (Å²) in [5.41, 5.74) is 1.02. The van der Waals surface area contributed by atoms with Crippen LogP contribution in [0, 0.1) is 0 Å². The van der Waals surface area contributed by atoms with Gasteiger partial charge in [0.2, 0.25) is 0 Å².